The van der Waals surface area contributed by atoms with Gasteiger partial charge >= 0.3 is 0 Å². The Morgan fingerprint density at radius 1 is 1.29 bits per heavy atom. The first-order chi connectivity index (χ1) is 8.40. The number of fused-ring (bicyclic) bond motifs is 1. The molecule has 0 spiro atoms. The third-order valence-electron chi connectivity index (χ3n) is 2.67. The maximum atomic E-state index is 5.20. The summed E-state index contributed by atoms with van der Waals surface area (Å²) in [6, 6.07) is 10.4. The molecule has 2 nitrogen and oxygen atoms in total. The molecule has 1 aromatic heterocycles. The highest BCUT2D eigenvalue weighted by Gasteiger charge is 1.96. The van der Waals surface area contributed by atoms with Crippen LogP contribution in [0.3, 0.4) is 0 Å². The summed E-state index contributed by atoms with van der Waals surface area (Å²) in [5, 5.41) is 4.58. The molecule has 0 aliphatic carbocycles. The highest BCUT2D eigenvalue weighted by molar-refractivity contribution is 5.78. The molecule has 0 aliphatic rings. The van der Waals surface area contributed by atoms with Crippen LogP contribution in [-0.4, -0.2) is 11.5 Å². The summed E-state index contributed by atoms with van der Waals surface area (Å²) in [6.45, 7) is 1.85. The zero-order chi connectivity index (χ0) is 11.9. The molecule has 0 saturated carbocycles. The Bertz CT molecular complexity index is 526. The molecule has 0 saturated heterocycles. The number of hydrogen-bond acceptors (Lipinski definition) is 2. The van der Waals surface area contributed by atoms with Crippen LogP contribution < -0.4 is 5.32 Å². The summed E-state index contributed by atoms with van der Waals surface area (Å²) < 4.78 is 0. The monoisotopic (exact) mass is 224 g/mol. The summed E-state index contributed by atoms with van der Waals surface area (Å²) in [5.74, 6) is 2.64. The fraction of sp³-hybridized carbons (Fsp3) is 0.267. The van der Waals surface area contributed by atoms with Crippen LogP contribution in [0, 0.1) is 12.3 Å². The van der Waals surface area contributed by atoms with Crippen LogP contribution in [-0.2, 0) is 6.54 Å². The molecule has 0 amide bonds. The number of benzene rings is 1. The van der Waals surface area contributed by atoms with Crippen molar-refractivity contribution in [2.45, 2.75) is 19.4 Å². The quantitative estimate of drug-likeness (QED) is 0.624. The average Bonchev–Trinajstić information content (AvgIpc) is 2.38. The van der Waals surface area contributed by atoms with Crippen LogP contribution in [0.5, 0.6) is 0 Å². The maximum absolute atomic E-state index is 5.20. The van der Waals surface area contributed by atoms with Gasteiger partial charge in [0, 0.05) is 24.5 Å². The average molecular weight is 224 g/mol. The molecular weight excluding hydrogens is 208 g/mol. The molecular formula is C15H16N2. The predicted octanol–water partition coefficient (Wildman–Crippen LogP) is 2.74. The van der Waals surface area contributed by atoms with E-state index in [1.165, 1.54) is 10.9 Å². The SMILES string of the molecule is C#CCCCNCc1ccc2ncccc2c1. The van der Waals surface area contributed by atoms with Gasteiger partial charge < -0.3 is 5.32 Å². The number of aromatic nitrogens is 1. The zero-order valence-corrected chi connectivity index (χ0v) is 9.82. The molecule has 1 heterocycles. The van der Waals surface area contributed by atoms with E-state index in [1.54, 1.807) is 0 Å². The van der Waals surface area contributed by atoms with Gasteiger partial charge in [-0.1, -0.05) is 12.1 Å². The van der Waals surface area contributed by atoms with Crippen LogP contribution in [0.2, 0.25) is 0 Å². The molecule has 86 valence electrons. The van der Waals surface area contributed by atoms with Gasteiger partial charge in [-0.25, -0.2) is 0 Å². The van der Waals surface area contributed by atoms with Crippen LogP contribution in [0.25, 0.3) is 10.9 Å². The van der Waals surface area contributed by atoms with Gasteiger partial charge in [0.2, 0.25) is 0 Å². The van der Waals surface area contributed by atoms with Gasteiger partial charge in [-0.15, -0.1) is 12.3 Å². The number of pyridine rings is 1. The standard InChI is InChI=1S/C15H16N2/c1-2-3-4-9-16-12-13-7-8-15-14(11-13)6-5-10-17-15/h1,5-8,10-11,16H,3-4,9,12H2. The van der Waals surface area contributed by atoms with Crippen molar-refractivity contribution in [2.24, 2.45) is 0 Å². The van der Waals surface area contributed by atoms with Crippen LogP contribution in [0.4, 0.5) is 0 Å². The van der Waals surface area contributed by atoms with Crippen molar-refractivity contribution in [3.8, 4) is 12.3 Å². The van der Waals surface area contributed by atoms with Gasteiger partial charge in [0.1, 0.15) is 0 Å². The molecule has 0 atom stereocenters. The second-order valence-electron chi connectivity index (χ2n) is 4.01. The fourth-order valence-electron chi connectivity index (χ4n) is 1.78. The van der Waals surface area contributed by atoms with E-state index in [4.69, 9.17) is 6.42 Å². The van der Waals surface area contributed by atoms with Crippen LogP contribution in [0.1, 0.15) is 18.4 Å². The van der Waals surface area contributed by atoms with Gasteiger partial charge in [-0.3, -0.25) is 4.98 Å². The van der Waals surface area contributed by atoms with E-state index in [-0.39, 0.29) is 0 Å². The van der Waals surface area contributed by atoms with Crippen molar-refractivity contribution < 1.29 is 0 Å². The lowest BCUT2D eigenvalue weighted by Gasteiger charge is -2.05. The summed E-state index contributed by atoms with van der Waals surface area (Å²) in [5.41, 5.74) is 2.33. The molecule has 2 aromatic rings. The van der Waals surface area contributed by atoms with E-state index < -0.39 is 0 Å². The Kier molecular flexibility index (Phi) is 4.12. The molecule has 2 rings (SSSR count). The first-order valence-corrected chi connectivity index (χ1v) is 5.88. The van der Waals surface area contributed by atoms with Crippen molar-refractivity contribution in [3.63, 3.8) is 0 Å². The third kappa shape index (κ3) is 3.30. The number of nitrogens with zero attached hydrogens (tertiary/aromatic N) is 1. The Morgan fingerprint density at radius 3 is 3.12 bits per heavy atom. The van der Waals surface area contributed by atoms with Gasteiger partial charge in [-0.05, 0) is 36.7 Å². The largest absolute Gasteiger partial charge is 0.313 e. The molecule has 2 heteroatoms. The van der Waals surface area contributed by atoms with E-state index in [2.05, 4.69) is 40.5 Å². The molecule has 0 unspecified atom stereocenters. The minimum Gasteiger partial charge on any atom is -0.313 e. The van der Waals surface area contributed by atoms with Gasteiger partial charge in [0.05, 0.1) is 5.52 Å². The summed E-state index contributed by atoms with van der Waals surface area (Å²) in [7, 11) is 0. The van der Waals surface area contributed by atoms with Crippen molar-refractivity contribution in [1.82, 2.24) is 10.3 Å². The van der Waals surface area contributed by atoms with Crippen molar-refractivity contribution in [1.29, 1.82) is 0 Å². The van der Waals surface area contributed by atoms with Crippen LogP contribution >= 0.6 is 0 Å². The van der Waals surface area contributed by atoms with E-state index in [0.29, 0.717) is 0 Å². The van der Waals surface area contributed by atoms with Crippen molar-refractivity contribution in [2.75, 3.05) is 6.54 Å². The lowest BCUT2D eigenvalue weighted by molar-refractivity contribution is 0.659. The van der Waals surface area contributed by atoms with E-state index >= 15 is 0 Å². The normalized spacial score (nSPS) is 10.3. The smallest absolute Gasteiger partial charge is 0.0702 e. The highest BCUT2D eigenvalue weighted by Crippen LogP contribution is 2.12. The van der Waals surface area contributed by atoms with Crippen molar-refractivity contribution >= 4 is 10.9 Å². The van der Waals surface area contributed by atoms with Crippen molar-refractivity contribution in [3.05, 3.63) is 42.1 Å². The molecule has 1 aromatic carbocycles. The second-order valence-corrected chi connectivity index (χ2v) is 4.01. The first-order valence-electron chi connectivity index (χ1n) is 5.88. The number of terminal acetylenes is 1. The fourth-order valence-corrected chi connectivity index (χ4v) is 1.78. The Labute approximate surface area is 102 Å². The molecule has 0 radical (unpaired) electrons. The number of rotatable bonds is 5. The highest BCUT2D eigenvalue weighted by atomic mass is 14.8. The summed E-state index contributed by atoms with van der Waals surface area (Å²) in [6.07, 6.45) is 8.89. The first kappa shape index (κ1) is 11.6. The topological polar surface area (TPSA) is 24.9 Å². The van der Waals surface area contributed by atoms with Gasteiger partial charge in [0.15, 0.2) is 0 Å². The van der Waals surface area contributed by atoms with E-state index in [1.807, 2.05) is 12.3 Å². The van der Waals surface area contributed by atoms with E-state index in [9.17, 15) is 0 Å². The number of nitrogens with one attached hydrogen (secondary N) is 1. The summed E-state index contributed by atoms with van der Waals surface area (Å²) >= 11 is 0. The predicted molar refractivity (Wildman–Crippen MR) is 71.5 cm³/mol. The second kappa shape index (κ2) is 6.03. The lowest BCUT2D eigenvalue weighted by Crippen LogP contribution is -2.14. The maximum Gasteiger partial charge on any atom is 0.0702 e. The molecule has 1 N–H and O–H groups in total. The Morgan fingerprint density at radius 2 is 2.24 bits per heavy atom. The van der Waals surface area contributed by atoms with Gasteiger partial charge in [-0.2, -0.15) is 0 Å². The molecule has 17 heavy (non-hydrogen) atoms. The molecule has 0 fully saturated rings. The van der Waals surface area contributed by atoms with E-state index in [0.717, 1.165) is 31.4 Å². The Balaban J connectivity index is 1.93. The van der Waals surface area contributed by atoms with Gasteiger partial charge in [0.25, 0.3) is 0 Å². The molecule has 0 aliphatic heterocycles. The molecule has 0 bridgehead atoms. The Hall–Kier alpha value is -1.85. The minimum absolute atomic E-state index is 0.842. The number of unbranched alkanes of at least 4 members (excludes halogenated alkanes) is 1. The third-order valence-corrected chi connectivity index (χ3v) is 2.67. The minimum atomic E-state index is 0.842. The van der Waals surface area contributed by atoms with Crippen LogP contribution in [0.15, 0.2) is 36.5 Å². The zero-order valence-electron chi connectivity index (χ0n) is 9.82. The summed E-state index contributed by atoms with van der Waals surface area (Å²) in [4.78, 5) is 4.30. The lowest BCUT2D eigenvalue weighted by atomic mass is 10.1. The number of hydrogen-bond donors (Lipinski definition) is 1.